The molecule has 1 aromatic carbocycles. The van der Waals surface area contributed by atoms with E-state index in [1.54, 1.807) is 12.1 Å². The molecule has 1 aromatic rings. The lowest BCUT2D eigenvalue weighted by Crippen LogP contribution is -2.41. The highest BCUT2D eigenvalue weighted by molar-refractivity contribution is 5.97. The number of ether oxygens (including phenoxy) is 1. The van der Waals surface area contributed by atoms with Gasteiger partial charge in [-0.2, -0.15) is 0 Å². The summed E-state index contributed by atoms with van der Waals surface area (Å²) in [6.45, 7) is 0.377. The highest BCUT2D eigenvalue weighted by atomic mass is 16.5. The van der Waals surface area contributed by atoms with E-state index in [0.29, 0.717) is 6.61 Å². The van der Waals surface area contributed by atoms with Crippen LogP contribution in [0.2, 0.25) is 0 Å². The molecule has 0 aliphatic heterocycles. The van der Waals surface area contributed by atoms with Gasteiger partial charge in [-0.25, -0.2) is 0 Å². The maximum atomic E-state index is 10.6. The van der Waals surface area contributed by atoms with E-state index in [4.69, 9.17) is 4.74 Å². The Labute approximate surface area is 92.3 Å². The Morgan fingerprint density at radius 1 is 1.19 bits per heavy atom. The molecule has 5 heteroatoms. The third-order valence-electron chi connectivity index (χ3n) is 2.10. The highest BCUT2D eigenvalue weighted by Crippen LogP contribution is 2.15. The van der Waals surface area contributed by atoms with E-state index < -0.39 is 17.9 Å². The number of aliphatic carboxylic acids is 2. The normalized spacial score (nSPS) is 10.4. The molecule has 0 amide bonds. The fourth-order valence-electron chi connectivity index (χ4n) is 1.34. The van der Waals surface area contributed by atoms with Gasteiger partial charge >= 0.3 is 0 Å². The monoisotopic (exact) mass is 222 g/mol. The Kier molecular flexibility index (Phi) is 4.02. The van der Waals surface area contributed by atoms with E-state index in [0.717, 1.165) is 5.56 Å². The molecule has 5 nitrogen and oxygen atoms in total. The van der Waals surface area contributed by atoms with Gasteiger partial charge in [-0.15, -0.1) is 0 Å². The molecule has 0 radical (unpaired) electrons. The summed E-state index contributed by atoms with van der Waals surface area (Å²) in [5.74, 6) is -5.10. The summed E-state index contributed by atoms with van der Waals surface area (Å²) in [6.07, 6.45) is 0. The second-order valence-corrected chi connectivity index (χ2v) is 3.25. The number of rotatable bonds is 5. The molecule has 86 valence electrons. The van der Waals surface area contributed by atoms with Crippen molar-refractivity contribution in [3.05, 3.63) is 35.4 Å². The van der Waals surface area contributed by atoms with Crippen molar-refractivity contribution in [2.75, 3.05) is 7.11 Å². The third kappa shape index (κ3) is 2.80. The second-order valence-electron chi connectivity index (χ2n) is 3.25. The SMILES string of the molecule is COCc1ccc(C(C(=O)[O-])C(=O)[O-])cc1. The quantitative estimate of drug-likeness (QED) is 0.561. The highest BCUT2D eigenvalue weighted by Gasteiger charge is 2.13. The van der Waals surface area contributed by atoms with Gasteiger partial charge in [0, 0.05) is 7.11 Å². The zero-order valence-electron chi connectivity index (χ0n) is 8.64. The number of carbonyl (C=O) groups is 2. The lowest BCUT2D eigenvalue weighted by atomic mass is 9.98. The van der Waals surface area contributed by atoms with Gasteiger partial charge in [-0.1, -0.05) is 24.3 Å². The van der Waals surface area contributed by atoms with Crippen LogP contribution in [0.4, 0.5) is 0 Å². The molecular formula is C11H10O5-2. The van der Waals surface area contributed by atoms with Gasteiger partial charge in [0.25, 0.3) is 0 Å². The minimum absolute atomic E-state index is 0.125. The molecule has 0 spiro atoms. The molecule has 0 heterocycles. The number of carboxylic acids is 2. The molecule has 0 N–H and O–H groups in total. The molecule has 1 rings (SSSR count). The average molecular weight is 222 g/mol. The van der Waals surface area contributed by atoms with Crippen LogP contribution in [-0.4, -0.2) is 19.0 Å². The summed E-state index contributed by atoms with van der Waals surface area (Å²) in [6, 6.07) is 6.00. The van der Waals surface area contributed by atoms with Gasteiger partial charge < -0.3 is 24.5 Å². The summed E-state index contributed by atoms with van der Waals surface area (Å²) >= 11 is 0. The summed E-state index contributed by atoms with van der Waals surface area (Å²) in [4.78, 5) is 21.2. The van der Waals surface area contributed by atoms with Crippen molar-refractivity contribution in [3.63, 3.8) is 0 Å². The first-order valence-electron chi connectivity index (χ1n) is 4.55. The van der Waals surface area contributed by atoms with Crippen molar-refractivity contribution >= 4 is 11.9 Å². The molecule has 0 unspecified atom stereocenters. The summed E-state index contributed by atoms with van der Waals surface area (Å²) in [7, 11) is 1.53. The van der Waals surface area contributed by atoms with Gasteiger partial charge in [0.1, 0.15) is 0 Å². The van der Waals surface area contributed by atoms with Gasteiger partial charge in [0.15, 0.2) is 0 Å². The maximum Gasteiger partial charge on any atom is 0.0713 e. The molecule has 0 atom stereocenters. The van der Waals surface area contributed by atoms with E-state index in [9.17, 15) is 19.8 Å². The van der Waals surface area contributed by atoms with Gasteiger partial charge in [-0.05, 0) is 11.1 Å². The topological polar surface area (TPSA) is 89.5 Å². The first-order valence-corrected chi connectivity index (χ1v) is 4.55. The second kappa shape index (κ2) is 5.27. The van der Waals surface area contributed by atoms with E-state index >= 15 is 0 Å². The van der Waals surface area contributed by atoms with Crippen molar-refractivity contribution in [1.82, 2.24) is 0 Å². The van der Waals surface area contributed by atoms with Gasteiger partial charge in [0.2, 0.25) is 0 Å². The Morgan fingerprint density at radius 3 is 2.06 bits per heavy atom. The van der Waals surface area contributed by atoms with Crippen LogP contribution in [0.3, 0.4) is 0 Å². The largest absolute Gasteiger partial charge is 0.549 e. The Bertz CT molecular complexity index is 368. The Morgan fingerprint density at radius 2 is 1.69 bits per heavy atom. The number of carbonyl (C=O) groups excluding carboxylic acids is 2. The first-order chi connectivity index (χ1) is 7.56. The lowest BCUT2D eigenvalue weighted by Gasteiger charge is -2.19. The molecule has 0 saturated carbocycles. The van der Waals surface area contributed by atoms with Crippen LogP contribution in [-0.2, 0) is 20.9 Å². The molecule has 0 bridgehead atoms. The summed E-state index contributed by atoms with van der Waals surface area (Å²) in [5.41, 5.74) is 0.946. The van der Waals surface area contributed by atoms with Gasteiger partial charge in [0.05, 0.1) is 24.5 Å². The maximum absolute atomic E-state index is 10.6. The fourth-order valence-corrected chi connectivity index (χ4v) is 1.34. The molecule has 0 aromatic heterocycles. The smallest absolute Gasteiger partial charge is 0.0713 e. The van der Waals surface area contributed by atoms with Crippen LogP contribution in [0.15, 0.2) is 24.3 Å². The number of methoxy groups -OCH3 is 1. The fraction of sp³-hybridized carbons (Fsp3) is 0.273. The van der Waals surface area contributed by atoms with Crippen molar-refractivity contribution in [1.29, 1.82) is 0 Å². The van der Waals surface area contributed by atoms with Crippen molar-refractivity contribution in [3.8, 4) is 0 Å². The predicted molar refractivity (Wildman–Crippen MR) is 49.9 cm³/mol. The number of carboxylic acid groups (broad SMARTS) is 2. The molecule has 0 saturated heterocycles. The molecule has 0 fully saturated rings. The lowest BCUT2D eigenvalue weighted by molar-refractivity contribution is -0.326. The molecule has 16 heavy (non-hydrogen) atoms. The third-order valence-corrected chi connectivity index (χ3v) is 2.10. The zero-order chi connectivity index (χ0) is 12.1. The number of benzene rings is 1. The van der Waals surface area contributed by atoms with Crippen LogP contribution >= 0.6 is 0 Å². The standard InChI is InChI=1S/C11H12O5/c1-16-6-7-2-4-8(5-3-7)9(10(12)13)11(14)15/h2-5,9H,6H2,1H3,(H,12,13)(H,14,15)/p-2. The van der Waals surface area contributed by atoms with E-state index in [1.165, 1.54) is 19.2 Å². The summed E-state index contributed by atoms with van der Waals surface area (Å²) in [5, 5.41) is 21.2. The Hall–Kier alpha value is -1.88. The number of hydrogen-bond donors (Lipinski definition) is 0. The average Bonchev–Trinajstić information content (AvgIpc) is 2.20. The minimum Gasteiger partial charge on any atom is -0.549 e. The first kappa shape index (κ1) is 12.2. The van der Waals surface area contributed by atoms with Crippen molar-refractivity contribution in [2.24, 2.45) is 0 Å². The van der Waals surface area contributed by atoms with E-state index in [2.05, 4.69) is 0 Å². The van der Waals surface area contributed by atoms with Crippen LogP contribution in [0.5, 0.6) is 0 Å². The minimum atomic E-state index is -1.74. The number of hydrogen-bond acceptors (Lipinski definition) is 5. The van der Waals surface area contributed by atoms with Crippen molar-refractivity contribution < 1.29 is 24.5 Å². The van der Waals surface area contributed by atoms with Crippen LogP contribution in [0, 0.1) is 0 Å². The van der Waals surface area contributed by atoms with Crippen LogP contribution in [0.1, 0.15) is 17.0 Å². The van der Waals surface area contributed by atoms with Crippen LogP contribution in [0.25, 0.3) is 0 Å². The predicted octanol–water partition coefficient (Wildman–Crippen LogP) is -1.58. The molecule has 0 aliphatic carbocycles. The summed E-state index contributed by atoms with van der Waals surface area (Å²) < 4.78 is 4.87. The van der Waals surface area contributed by atoms with Crippen LogP contribution < -0.4 is 10.2 Å². The Balaban J connectivity index is 2.94. The molecule has 0 aliphatic rings. The van der Waals surface area contributed by atoms with Gasteiger partial charge in [-0.3, -0.25) is 0 Å². The van der Waals surface area contributed by atoms with Crippen molar-refractivity contribution in [2.45, 2.75) is 12.5 Å². The molecular weight excluding hydrogens is 212 g/mol. The van der Waals surface area contributed by atoms with E-state index in [-0.39, 0.29) is 5.56 Å². The zero-order valence-corrected chi connectivity index (χ0v) is 8.64. The van der Waals surface area contributed by atoms with E-state index in [1.807, 2.05) is 0 Å².